The van der Waals surface area contributed by atoms with Crippen LogP contribution in [0.15, 0.2) is 23.2 Å². The van der Waals surface area contributed by atoms with Crippen molar-refractivity contribution in [3.8, 4) is 0 Å². The number of alkyl halides is 2. The zero-order chi connectivity index (χ0) is 14.5. The van der Waals surface area contributed by atoms with Crippen LogP contribution in [0.1, 0.15) is 17.5 Å². The van der Waals surface area contributed by atoms with Gasteiger partial charge in [0.25, 0.3) is 12.1 Å². The molecule has 3 atom stereocenters. The third-order valence-corrected chi connectivity index (χ3v) is 4.00. The minimum absolute atomic E-state index is 0.204. The lowest BCUT2D eigenvalue weighted by Crippen LogP contribution is -2.39. The molecule has 2 aliphatic rings. The summed E-state index contributed by atoms with van der Waals surface area (Å²) in [6.07, 6.45) is -1.45. The summed E-state index contributed by atoms with van der Waals surface area (Å²) in [6, 6.07) is 4.00. The van der Waals surface area contributed by atoms with E-state index in [1.54, 1.807) is 6.92 Å². The zero-order valence-electron chi connectivity index (χ0n) is 10.6. The molecule has 3 rings (SSSR count). The number of rotatable bonds is 3. The van der Waals surface area contributed by atoms with E-state index >= 15 is 0 Å². The van der Waals surface area contributed by atoms with Gasteiger partial charge in [0.2, 0.25) is 0 Å². The maximum atomic E-state index is 13.7. The van der Waals surface area contributed by atoms with Gasteiger partial charge in [-0.1, -0.05) is 6.07 Å². The van der Waals surface area contributed by atoms with Crippen molar-refractivity contribution < 1.29 is 18.4 Å². The van der Waals surface area contributed by atoms with Gasteiger partial charge in [0.05, 0.1) is 4.92 Å². The van der Waals surface area contributed by atoms with Crippen LogP contribution in [0, 0.1) is 23.0 Å². The fourth-order valence-corrected chi connectivity index (χ4v) is 2.84. The summed E-state index contributed by atoms with van der Waals surface area (Å²) in [4.78, 5) is 14.2. The number of non-ortho nitro benzene ring substituents is 1. The second-order valence-corrected chi connectivity index (χ2v) is 5.13. The van der Waals surface area contributed by atoms with Crippen LogP contribution in [0.5, 0.6) is 0 Å². The normalized spacial score (nSPS) is 30.8. The smallest absolute Gasteiger partial charge is 0.269 e. The molecular weight excluding hydrogens is 270 g/mol. The monoisotopic (exact) mass is 282 g/mol. The predicted molar refractivity (Wildman–Crippen MR) is 67.0 cm³/mol. The first-order valence-electron chi connectivity index (χ1n) is 6.19. The number of halogens is 2. The van der Waals surface area contributed by atoms with Crippen LogP contribution in [0.4, 0.5) is 14.5 Å². The van der Waals surface area contributed by atoms with Gasteiger partial charge in [-0.15, -0.1) is 0 Å². The Bertz CT molecular complexity index is 605. The molecule has 1 aliphatic carbocycles. The molecule has 1 aromatic rings. The van der Waals surface area contributed by atoms with Crippen LogP contribution >= 0.6 is 0 Å². The summed E-state index contributed by atoms with van der Waals surface area (Å²) in [6.45, 7) is 1.66. The average molecular weight is 282 g/mol. The van der Waals surface area contributed by atoms with E-state index in [0.717, 1.165) is 6.40 Å². The lowest BCUT2D eigenvalue weighted by atomic mass is 9.82. The minimum atomic E-state index is -2.74. The molecule has 0 spiro atoms. The molecule has 0 aromatic heterocycles. The van der Waals surface area contributed by atoms with Crippen LogP contribution in [0.2, 0.25) is 0 Å². The third-order valence-electron chi connectivity index (χ3n) is 4.00. The Kier molecular flexibility index (Phi) is 2.74. The van der Waals surface area contributed by atoms with Gasteiger partial charge < -0.3 is 4.74 Å². The molecule has 1 saturated carbocycles. The SMILES string of the molecule is Cc1ccc([N+](=O)[O-])cc1[C@@]1(C(F)F)N=CO[C@@H]2C[C@@H]21. The maximum absolute atomic E-state index is 13.7. The number of hydrogen-bond acceptors (Lipinski definition) is 4. The first-order valence-corrected chi connectivity index (χ1v) is 6.19. The Labute approximate surface area is 113 Å². The molecule has 106 valence electrons. The molecule has 0 N–H and O–H groups in total. The van der Waals surface area contributed by atoms with E-state index < -0.39 is 22.8 Å². The molecular formula is C13H12F2N2O3. The maximum Gasteiger partial charge on any atom is 0.269 e. The number of nitro benzene ring substituents is 1. The number of aliphatic imine (C=N–C) groups is 1. The van der Waals surface area contributed by atoms with Gasteiger partial charge in [0.1, 0.15) is 6.10 Å². The van der Waals surface area contributed by atoms with Crippen molar-refractivity contribution in [3.05, 3.63) is 39.4 Å². The molecule has 1 aliphatic heterocycles. The highest BCUT2D eigenvalue weighted by atomic mass is 19.3. The molecule has 7 heteroatoms. The van der Waals surface area contributed by atoms with Crippen LogP contribution in [-0.4, -0.2) is 23.9 Å². The van der Waals surface area contributed by atoms with Gasteiger partial charge in [0.15, 0.2) is 11.9 Å². The summed E-state index contributed by atoms with van der Waals surface area (Å²) >= 11 is 0. The van der Waals surface area contributed by atoms with E-state index in [4.69, 9.17) is 4.74 Å². The van der Waals surface area contributed by atoms with Crippen molar-refractivity contribution in [3.63, 3.8) is 0 Å². The van der Waals surface area contributed by atoms with E-state index in [9.17, 15) is 18.9 Å². The van der Waals surface area contributed by atoms with E-state index in [1.165, 1.54) is 18.2 Å². The Morgan fingerprint density at radius 1 is 1.55 bits per heavy atom. The van der Waals surface area contributed by atoms with E-state index in [2.05, 4.69) is 4.99 Å². The van der Waals surface area contributed by atoms with Crippen molar-refractivity contribution >= 4 is 12.1 Å². The Morgan fingerprint density at radius 3 is 2.95 bits per heavy atom. The average Bonchev–Trinajstić information content (AvgIpc) is 3.18. The summed E-state index contributed by atoms with van der Waals surface area (Å²) < 4.78 is 32.6. The molecule has 0 saturated heterocycles. The lowest BCUT2D eigenvalue weighted by Gasteiger charge is -2.32. The van der Waals surface area contributed by atoms with Crippen molar-refractivity contribution in [1.29, 1.82) is 0 Å². The summed E-state index contributed by atoms with van der Waals surface area (Å²) in [5.41, 5.74) is -1.14. The van der Waals surface area contributed by atoms with Gasteiger partial charge in [-0.25, -0.2) is 13.8 Å². The second-order valence-electron chi connectivity index (χ2n) is 5.13. The molecule has 1 fully saturated rings. The van der Waals surface area contributed by atoms with Crippen molar-refractivity contribution in [2.45, 2.75) is 31.4 Å². The number of aryl methyl sites for hydroxylation is 1. The highest BCUT2D eigenvalue weighted by Gasteiger charge is 2.62. The predicted octanol–water partition coefficient (Wildman–Crippen LogP) is 2.81. The van der Waals surface area contributed by atoms with E-state index in [-0.39, 0.29) is 17.4 Å². The standard InChI is InChI=1S/C13H12F2N2O3/c1-7-2-3-8(17(18)19)4-9(7)13(12(14)15)10-5-11(10)20-6-16-13/h2-4,6,10-12H,5H2,1H3/t10-,11+,13+/m0/s1. The largest absolute Gasteiger partial charge is 0.480 e. The summed E-state index contributed by atoms with van der Waals surface area (Å²) in [5.74, 6) is -0.423. The van der Waals surface area contributed by atoms with Crippen LogP contribution < -0.4 is 0 Å². The molecule has 1 aromatic carbocycles. The molecule has 0 bridgehead atoms. The molecule has 1 heterocycles. The number of benzene rings is 1. The minimum Gasteiger partial charge on any atom is -0.480 e. The lowest BCUT2D eigenvalue weighted by molar-refractivity contribution is -0.385. The topological polar surface area (TPSA) is 64.7 Å². The number of hydrogen-bond donors (Lipinski definition) is 0. The Hall–Kier alpha value is -2.05. The number of fused-ring (bicyclic) bond motifs is 1. The highest BCUT2D eigenvalue weighted by molar-refractivity contribution is 5.55. The van der Waals surface area contributed by atoms with E-state index in [0.29, 0.717) is 12.0 Å². The van der Waals surface area contributed by atoms with Crippen LogP contribution in [0.25, 0.3) is 0 Å². The van der Waals surface area contributed by atoms with Gasteiger partial charge in [-0.05, 0) is 24.5 Å². The summed E-state index contributed by atoms with van der Waals surface area (Å²) in [7, 11) is 0. The van der Waals surface area contributed by atoms with E-state index in [1.807, 2.05) is 0 Å². The van der Waals surface area contributed by atoms with Crippen molar-refractivity contribution in [2.75, 3.05) is 0 Å². The molecule has 0 unspecified atom stereocenters. The van der Waals surface area contributed by atoms with Crippen LogP contribution in [0.3, 0.4) is 0 Å². The van der Waals surface area contributed by atoms with Gasteiger partial charge in [-0.2, -0.15) is 0 Å². The van der Waals surface area contributed by atoms with Crippen molar-refractivity contribution in [1.82, 2.24) is 0 Å². The molecule has 20 heavy (non-hydrogen) atoms. The fraction of sp³-hybridized carbons (Fsp3) is 0.462. The third kappa shape index (κ3) is 1.69. The zero-order valence-corrected chi connectivity index (χ0v) is 10.6. The fourth-order valence-electron chi connectivity index (χ4n) is 2.84. The number of nitro groups is 1. The Balaban J connectivity index is 2.18. The number of nitrogens with zero attached hydrogens (tertiary/aromatic N) is 2. The first-order chi connectivity index (χ1) is 9.46. The van der Waals surface area contributed by atoms with Gasteiger partial charge in [0, 0.05) is 18.1 Å². The highest BCUT2D eigenvalue weighted by Crippen LogP contribution is 2.55. The quantitative estimate of drug-likeness (QED) is 0.632. The Morgan fingerprint density at radius 2 is 2.30 bits per heavy atom. The van der Waals surface area contributed by atoms with Crippen LogP contribution in [-0.2, 0) is 10.3 Å². The van der Waals surface area contributed by atoms with Crippen molar-refractivity contribution in [2.24, 2.45) is 10.9 Å². The van der Waals surface area contributed by atoms with Gasteiger partial charge in [-0.3, -0.25) is 10.1 Å². The van der Waals surface area contributed by atoms with Gasteiger partial charge >= 0.3 is 0 Å². The molecule has 0 radical (unpaired) electrons. The summed E-state index contributed by atoms with van der Waals surface area (Å²) in [5, 5.41) is 10.9. The molecule has 5 nitrogen and oxygen atoms in total. The molecule has 0 amide bonds. The second kappa shape index (κ2) is 4.22. The number of ether oxygens (including phenoxy) is 1. The first kappa shape index (κ1) is 13.0.